The van der Waals surface area contributed by atoms with Crippen molar-refractivity contribution >= 4 is 0 Å². The first-order valence-corrected chi connectivity index (χ1v) is 5.74. The Kier molecular flexibility index (Phi) is 7.46. The largest absolute Gasteiger partial charge is 0.379 e. The molecule has 1 atom stereocenters. The Morgan fingerprint density at radius 1 is 1.40 bits per heavy atom. The van der Waals surface area contributed by atoms with Gasteiger partial charge in [-0.2, -0.15) is 0 Å². The minimum absolute atomic E-state index is 0.0491. The number of ether oxygens (including phenoxy) is 1. The minimum atomic E-state index is -0.0491. The zero-order valence-electron chi connectivity index (χ0n) is 10.8. The van der Waals surface area contributed by atoms with Gasteiger partial charge in [0.05, 0.1) is 5.60 Å². The van der Waals surface area contributed by atoms with E-state index < -0.39 is 0 Å². The molecule has 0 aromatic heterocycles. The first-order valence-electron chi connectivity index (χ1n) is 5.74. The lowest BCUT2D eigenvalue weighted by molar-refractivity contribution is 0.00665. The van der Waals surface area contributed by atoms with Crippen molar-refractivity contribution in [2.45, 2.75) is 58.6 Å². The van der Waals surface area contributed by atoms with Crippen molar-refractivity contribution in [3.8, 4) is 11.8 Å². The third-order valence-electron chi connectivity index (χ3n) is 2.58. The van der Waals surface area contributed by atoms with Gasteiger partial charge in [0.15, 0.2) is 0 Å². The van der Waals surface area contributed by atoms with E-state index in [4.69, 9.17) is 4.74 Å². The molecule has 0 fully saturated rings. The highest BCUT2D eigenvalue weighted by atomic mass is 16.5. The summed E-state index contributed by atoms with van der Waals surface area (Å²) in [5, 5.41) is 3.48. The number of methoxy groups -OCH3 is 1. The first-order chi connectivity index (χ1) is 7.05. The normalized spacial score (nSPS) is 13.1. The average Bonchev–Trinajstić information content (AvgIpc) is 2.18. The zero-order chi connectivity index (χ0) is 11.7. The lowest BCUT2D eigenvalue weighted by Gasteiger charge is -2.28. The van der Waals surface area contributed by atoms with Crippen LogP contribution in [0.3, 0.4) is 0 Å². The fourth-order valence-corrected chi connectivity index (χ4v) is 1.61. The second-order valence-corrected chi connectivity index (χ2v) is 4.39. The summed E-state index contributed by atoms with van der Waals surface area (Å²) in [6.45, 7) is 9.29. The second kappa shape index (κ2) is 7.73. The van der Waals surface area contributed by atoms with Crippen molar-refractivity contribution in [1.82, 2.24) is 5.32 Å². The maximum absolute atomic E-state index is 5.44. The van der Waals surface area contributed by atoms with E-state index >= 15 is 0 Å². The highest BCUT2D eigenvalue weighted by molar-refractivity contribution is 4.96. The predicted octanol–water partition coefficient (Wildman–Crippen LogP) is 2.58. The molecule has 0 saturated carbocycles. The fraction of sp³-hybridized carbons (Fsp3) is 0.846. The molecule has 0 spiro atoms. The number of hydrogen-bond acceptors (Lipinski definition) is 2. The molecule has 1 unspecified atom stereocenters. The molecule has 2 nitrogen and oxygen atoms in total. The molecule has 0 aliphatic rings. The van der Waals surface area contributed by atoms with Gasteiger partial charge in [0.25, 0.3) is 0 Å². The van der Waals surface area contributed by atoms with E-state index in [1.807, 2.05) is 6.92 Å². The molecular formula is C13H25NO. The third kappa shape index (κ3) is 7.41. The van der Waals surface area contributed by atoms with E-state index in [-0.39, 0.29) is 5.60 Å². The van der Waals surface area contributed by atoms with Crippen LogP contribution < -0.4 is 5.32 Å². The predicted molar refractivity (Wildman–Crippen MR) is 65.9 cm³/mol. The maximum atomic E-state index is 5.44. The summed E-state index contributed by atoms with van der Waals surface area (Å²) in [6, 6.07) is 0.505. The van der Waals surface area contributed by atoms with Gasteiger partial charge in [-0.05, 0) is 40.2 Å². The van der Waals surface area contributed by atoms with Crippen LogP contribution >= 0.6 is 0 Å². The number of hydrogen-bond donors (Lipinski definition) is 1. The highest BCUT2D eigenvalue weighted by Gasteiger charge is 2.21. The van der Waals surface area contributed by atoms with E-state index in [0.29, 0.717) is 6.04 Å². The Morgan fingerprint density at radius 3 is 2.53 bits per heavy atom. The Labute approximate surface area is 94.8 Å². The van der Waals surface area contributed by atoms with Crippen LogP contribution in [0, 0.1) is 11.8 Å². The smallest absolute Gasteiger partial charge is 0.0637 e. The van der Waals surface area contributed by atoms with Crippen LogP contribution in [0.25, 0.3) is 0 Å². The van der Waals surface area contributed by atoms with Gasteiger partial charge in [0, 0.05) is 19.6 Å². The van der Waals surface area contributed by atoms with E-state index in [0.717, 1.165) is 25.8 Å². The summed E-state index contributed by atoms with van der Waals surface area (Å²) in [7, 11) is 1.77. The van der Waals surface area contributed by atoms with E-state index in [9.17, 15) is 0 Å². The molecule has 0 amide bonds. The molecule has 0 aromatic rings. The molecule has 0 bridgehead atoms. The van der Waals surface area contributed by atoms with Crippen LogP contribution in [0.5, 0.6) is 0 Å². The minimum Gasteiger partial charge on any atom is -0.379 e. The number of rotatable bonds is 7. The van der Waals surface area contributed by atoms with Crippen molar-refractivity contribution in [1.29, 1.82) is 0 Å². The summed E-state index contributed by atoms with van der Waals surface area (Å²) in [6.07, 6.45) is 3.10. The standard InChI is InChI=1S/C13H25NO/c1-6-8-9-10-12(14-7-2)11-13(3,4)15-5/h12,14H,7,9-11H2,1-5H3. The molecule has 0 rings (SSSR count). The lowest BCUT2D eigenvalue weighted by Crippen LogP contribution is -2.37. The van der Waals surface area contributed by atoms with Gasteiger partial charge in [-0.3, -0.25) is 0 Å². The SMILES string of the molecule is CC#CCCC(CC(C)(C)OC)NCC. The van der Waals surface area contributed by atoms with Crippen LogP contribution in [0.4, 0.5) is 0 Å². The summed E-state index contributed by atoms with van der Waals surface area (Å²) in [5.74, 6) is 6.04. The van der Waals surface area contributed by atoms with Crippen LogP contribution in [0.1, 0.15) is 47.0 Å². The van der Waals surface area contributed by atoms with Crippen LogP contribution in [-0.4, -0.2) is 25.3 Å². The lowest BCUT2D eigenvalue weighted by atomic mass is 9.95. The monoisotopic (exact) mass is 211 g/mol. The van der Waals surface area contributed by atoms with Gasteiger partial charge < -0.3 is 10.1 Å². The molecule has 0 aliphatic carbocycles. The van der Waals surface area contributed by atoms with Crippen molar-refractivity contribution in [2.24, 2.45) is 0 Å². The van der Waals surface area contributed by atoms with Gasteiger partial charge in [-0.1, -0.05) is 6.92 Å². The quantitative estimate of drug-likeness (QED) is 0.654. The van der Waals surface area contributed by atoms with Crippen molar-refractivity contribution < 1.29 is 4.74 Å². The molecule has 15 heavy (non-hydrogen) atoms. The van der Waals surface area contributed by atoms with Crippen LogP contribution in [0.2, 0.25) is 0 Å². The molecule has 0 radical (unpaired) electrons. The molecule has 0 aliphatic heterocycles. The number of nitrogens with one attached hydrogen (secondary N) is 1. The van der Waals surface area contributed by atoms with E-state index in [1.54, 1.807) is 7.11 Å². The molecule has 88 valence electrons. The topological polar surface area (TPSA) is 21.3 Å². The maximum Gasteiger partial charge on any atom is 0.0637 e. The molecule has 2 heteroatoms. The summed E-state index contributed by atoms with van der Waals surface area (Å²) >= 11 is 0. The Bertz CT molecular complexity index is 212. The Balaban J connectivity index is 4.06. The average molecular weight is 211 g/mol. The second-order valence-electron chi connectivity index (χ2n) is 4.39. The van der Waals surface area contributed by atoms with Gasteiger partial charge in [-0.25, -0.2) is 0 Å². The zero-order valence-corrected chi connectivity index (χ0v) is 10.8. The summed E-state index contributed by atoms with van der Waals surface area (Å²) in [5.41, 5.74) is -0.0491. The Morgan fingerprint density at radius 2 is 2.07 bits per heavy atom. The third-order valence-corrected chi connectivity index (χ3v) is 2.58. The molecule has 0 aromatic carbocycles. The fourth-order valence-electron chi connectivity index (χ4n) is 1.61. The Hall–Kier alpha value is -0.520. The van der Waals surface area contributed by atoms with Gasteiger partial charge in [-0.15, -0.1) is 11.8 Å². The van der Waals surface area contributed by atoms with E-state index in [1.165, 1.54) is 0 Å². The van der Waals surface area contributed by atoms with Crippen molar-refractivity contribution in [3.63, 3.8) is 0 Å². The van der Waals surface area contributed by atoms with Gasteiger partial charge in [0.2, 0.25) is 0 Å². The van der Waals surface area contributed by atoms with Crippen molar-refractivity contribution in [2.75, 3.05) is 13.7 Å². The highest BCUT2D eigenvalue weighted by Crippen LogP contribution is 2.17. The van der Waals surface area contributed by atoms with Gasteiger partial charge >= 0.3 is 0 Å². The van der Waals surface area contributed by atoms with Crippen LogP contribution in [-0.2, 0) is 4.74 Å². The first kappa shape index (κ1) is 14.5. The molecule has 0 heterocycles. The van der Waals surface area contributed by atoms with Crippen LogP contribution in [0.15, 0.2) is 0 Å². The summed E-state index contributed by atoms with van der Waals surface area (Å²) in [4.78, 5) is 0. The molecule has 1 N–H and O–H groups in total. The summed E-state index contributed by atoms with van der Waals surface area (Å²) < 4.78 is 5.44. The van der Waals surface area contributed by atoms with E-state index in [2.05, 4.69) is 37.9 Å². The molecular weight excluding hydrogens is 186 g/mol. The molecule has 0 saturated heterocycles. The van der Waals surface area contributed by atoms with Crippen molar-refractivity contribution in [3.05, 3.63) is 0 Å². The van der Waals surface area contributed by atoms with Gasteiger partial charge in [0.1, 0.15) is 0 Å².